The number of benzene rings is 2. The lowest BCUT2D eigenvalue weighted by atomic mass is 10.1. The van der Waals surface area contributed by atoms with Crippen LogP contribution in [0.3, 0.4) is 0 Å². The maximum Gasteiger partial charge on any atom is 0.307 e. The average molecular weight is 550 g/mol. The highest BCUT2D eigenvalue weighted by Crippen LogP contribution is 2.31. The van der Waals surface area contributed by atoms with Crippen molar-refractivity contribution >= 4 is 35.1 Å². The van der Waals surface area contributed by atoms with Gasteiger partial charge < -0.3 is 24.6 Å². The Morgan fingerprint density at radius 2 is 1.95 bits per heavy atom. The molecular formula is C26H29Cl2N3O6. The topological polar surface area (TPSA) is 112 Å². The molecule has 11 heteroatoms. The Labute approximate surface area is 225 Å². The molecule has 2 aromatic carbocycles. The maximum atomic E-state index is 12.9. The monoisotopic (exact) mass is 549 g/mol. The summed E-state index contributed by atoms with van der Waals surface area (Å²) in [6.07, 6.45) is 1.80. The molecule has 1 amide bonds. The number of carbonyl (C=O) groups is 2. The molecule has 0 saturated carbocycles. The lowest BCUT2D eigenvalue weighted by Crippen LogP contribution is -2.23. The highest BCUT2D eigenvalue weighted by Gasteiger charge is 2.19. The Morgan fingerprint density at radius 1 is 1.16 bits per heavy atom. The van der Waals surface area contributed by atoms with Gasteiger partial charge in [0.05, 0.1) is 26.2 Å². The number of carbonyl (C=O) groups excluding carboxylic acids is 1. The van der Waals surface area contributed by atoms with Gasteiger partial charge in [0, 0.05) is 41.3 Å². The number of aromatic nitrogens is 2. The van der Waals surface area contributed by atoms with Crippen molar-refractivity contribution < 1.29 is 28.9 Å². The van der Waals surface area contributed by atoms with Crippen molar-refractivity contribution in [3.05, 3.63) is 69.3 Å². The number of hydrogen-bond acceptors (Lipinski definition) is 6. The molecule has 9 nitrogen and oxygen atoms in total. The van der Waals surface area contributed by atoms with Gasteiger partial charge in [0.15, 0.2) is 11.5 Å². The van der Waals surface area contributed by atoms with E-state index in [2.05, 4.69) is 10.4 Å². The highest BCUT2D eigenvalue weighted by molar-refractivity contribution is 6.35. The number of amides is 1. The summed E-state index contributed by atoms with van der Waals surface area (Å²) in [6.45, 7) is 4.64. The summed E-state index contributed by atoms with van der Waals surface area (Å²) >= 11 is 12.1. The number of carboxylic acids is 1. The number of rotatable bonds is 13. The predicted octanol–water partition coefficient (Wildman–Crippen LogP) is 5.01. The maximum absolute atomic E-state index is 12.9. The van der Waals surface area contributed by atoms with Gasteiger partial charge in [-0.05, 0) is 37.6 Å². The van der Waals surface area contributed by atoms with Gasteiger partial charge in [0.25, 0.3) is 5.91 Å². The standard InChI is InChI=1S/C26H29Cl2N3O6/c1-16(2)37-26-20(25(34)29-14-18-8-9-19(27)13-21(18)28)15-31(30-26)10-5-11-36-24-17(12-23(32)33)6-4-7-22(24)35-3/h4,6-9,13,15-16H,5,10-12,14H2,1-3H3,(H,29,34)(H,32,33). The molecule has 3 aromatic rings. The number of aryl methyl sites for hydroxylation is 1. The number of nitrogens with one attached hydrogen (secondary N) is 1. The van der Waals surface area contributed by atoms with Crippen LogP contribution in [-0.2, 0) is 24.3 Å². The van der Waals surface area contributed by atoms with Crippen molar-refractivity contribution in [1.29, 1.82) is 0 Å². The van der Waals surface area contributed by atoms with Crippen LogP contribution in [0, 0.1) is 0 Å². The quantitative estimate of drug-likeness (QED) is 0.288. The lowest BCUT2D eigenvalue weighted by molar-refractivity contribution is -0.136. The van der Waals surface area contributed by atoms with Crippen molar-refractivity contribution in [3.8, 4) is 17.4 Å². The second kappa shape index (κ2) is 13.2. The minimum atomic E-state index is -0.962. The number of hydrogen-bond donors (Lipinski definition) is 2. The minimum absolute atomic E-state index is 0.179. The van der Waals surface area contributed by atoms with Crippen LogP contribution in [0.15, 0.2) is 42.6 Å². The summed E-state index contributed by atoms with van der Waals surface area (Å²) < 4.78 is 18.6. The molecule has 2 N–H and O–H groups in total. The summed E-state index contributed by atoms with van der Waals surface area (Å²) in [7, 11) is 1.50. The van der Waals surface area contributed by atoms with Gasteiger partial charge in [-0.2, -0.15) is 0 Å². The van der Waals surface area contributed by atoms with Crippen LogP contribution in [0.25, 0.3) is 0 Å². The molecule has 0 radical (unpaired) electrons. The molecule has 3 rings (SSSR count). The van der Waals surface area contributed by atoms with Gasteiger partial charge in [0.2, 0.25) is 5.88 Å². The zero-order chi connectivity index (χ0) is 26.9. The van der Waals surface area contributed by atoms with E-state index in [0.29, 0.717) is 45.6 Å². The molecule has 0 aliphatic heterocycles. The summed E-state index contributed by atoms with van der Waals surface area (Å²) in [4.78, 5) is 24.1. The van der Waals surface area contributed by atoms with Crippen molar-refractivity contribution in [1.82, 2.24) is 15.1 Å². The number of para-hydroxylation sites is 1. The van der Waals surface area contributed by atoms with E-state index in [-0.39, 0.29) is 37.5 Å². The lowest BCUT2D eigenvalue weighted by Gasteiger charge is -2.14. The smallest absolute Gasteiger partial charge is 0.307 e. The first-order valence-electron chi connectivity index (χ1n) is 11.6. The molecule has 0 atom stereocenters. The molecule has 0 bridgehead atoms. The van der Waals surface area contributed by atoms with Crippen LogP contribution >= 0.6 is 23.2 Å². The van der Waals surface area contributed by atoms with E-state index in [1.54, 1.807) is 47.3 Å². The molecule has 0 aliphatic carbocycles. The van der Waals surface area contributed by atoms with Crippen LogP contribution in [-0.4, -0.2) is 46.6 Å². The molecule has 0 saturated heterocycles. The number of aliphatic carboxylic acids is 1. The SMILES string of the molecule is COc1cccc(CC(=O)O)c1OCCCn1cc(C(=O)NCc2ccc(Cl)cc2Cl)c(OC(C)C)n1. The van der Waals surface area contributed by atoms with E-state index in [1.165, 1.54) is 7.11 Å². The summed E-state index contributed by atoms with van der Waals surface area (Å²) in [5.74, 6) is -0.222. The number of halogens is 2. The van der Waals surface area contributed by atoms with Crippen LogP contribution in [0.5, 0.6) is 17.4 Å². The number of methoxy groups -OCH3 is 1. The second-order valence-corrected chi connectivity index (χ2v) is 9.26. The Morgan fingerprint density at radius 3 is 2.62 bits per heavy atom. The van der Waals surface area contributed by atoms with Crippen LogP contribution in [0.4, 0.5) is 0 Å². The van der Waals surface area contributed by atoms with Crippen LogP contribution in [0.2, 0.25) is 10.0 Å². The third kappa shape index (κ3) is 8.03. The molecule has 37 heavy (non-hydrogen) atoms. The summed E-state index contributed by atoms with van der Waals surface area (Å²) in [6, 6.07) is 10.2. The third-order valence-corrected chi connectivity index (χ3v) is 5.76. The minimum Gasteiger partial charge on any atom is -0.493 e. The largest absolute Gasteiger partial charge is 0.493 e. The van der Waals surface area contributed by atoms with Crippen LogP contribution < -0.4 is 19.5 Å². The van der Waals surface area contributed by atoms with Gasteiger partial charge >= 0.3 is 5.97 Å². The van der Waals surface area contributed by atoms with Gasteiger partial charge in [-0.25, -0.2) is 0 Å². The average Bonchev–Trinajstić information content (AvgIpc) is 3.23. The number of nitrogens with zero attached hydrogens (tertiary/aromatic N) is 2. The van der Waals surface area contributed by atoms with E-state index in [9.17, 15) is 14.7 Å². The van der Waals surface area contributed by atoms with Gasteiger partial charge in [-0.1, -0.05) is 41.4 Å². The van der Waals surface area contributed by atoms with E-state index in [1.807, 2.05) is 13.8 Å². The van der Waals surface area contributed by atoms with Crippen molar-refractivity contribution in [2.75, 3.05) is 13.7 Å². The fraction of sp³-hybridized carbons (Fsp3) is 0.346. The fourth-order valence-corrected chi connectivity index (χ4v) is 3.98. The summed E-state index contributed by atoms with van der Waals surface area (Å²) in [5.41, 5.74) is 1.56. The third-order valence-electron chi connectivity index (χ3n) is 5.17. The molecule has 0 fully saturated rings. The van der Waals surface area contributed by atoms with Crippen LogP contribution in [0.1, 0.15) is 41.8 Å². The second-order valence-electron chi connectivity index (χ2n) is 8.42. The molecular weight excluding hydrogens is 521 g/mol. The van der Waals surface area contributed by atoms with Crippen molar-refractivity contribution in [3.63, 3.8) is 0 Å². The number of ether oxygens (including phenoxy) is 3. The van der Waals surface area contributed by atoms with E-state index < -0.39 is 5.97 Å². The first-order chi connectivity index (χ1) is 17.7. The highest BCUT2D eigenvalue weighted by atomic mass is 35.5. The Bertz CT molecular complexity index is 1250. The fourth-order valence-electron chi connectivity index (χ4n) is 3.51. The van der Waals surface area contributed by atoms with Gasteiger partial charge in [0.1, 0.15) is 5.56 Å². The van der Waals surface area contributed by atoms with E-state index >= 15 is 0 Å². The molecule has 0 aliphatic rings. The van der Waals surface area contributed by atoms with E-state index in [0.717, 1.165) is 5.56 Å². The Kier molecular flexibility index (Phi) is 10.0. The molecule has 198 valence electrons. The van der Waals surface area contributed by atoms with Gasteiger partial charge in [-0.3, -0.25) is 14.3 Å². The van der Waals surface area contributed by atoms with Gasteiger partial charge in [-0.15, -0.1) is 5.10 Å². The summed E-state index contributed by atoms with van der Waals surface area (Å²) in [5, 5.41) is 17.4. The Hall–Kier alpha value is -3.43. The first-order valence-corrected chi connectivity index (χ1v) is 12.4. The zero-order valence-electron chi connectivity index (χ0n) is 20.8. The predicted molar refractivity (Wildman–Crippen MR) is 140 cm³/mol. The molecule has 0 spiro atoms. The normalized spacial score (nSPS) is 10.9. The zero-order valence-corrected chi connectivity index (χ0v) is 22.3. The molecule has 0 unspecified atom stereocenters. The Balaban J connectivity index is 1.65. The number of carboxylic acid groups (broad SMARTS) is 1. The first kappa shape index (κ1) is 28.1. The molecule has 1 aromatic heterocycles. The van der Waals surface area contributed by atoms with E-state index in [4.69, 9.17) is 37.4 Å². The molecule has 1 heterocycles. The van der Waals surface area contributed by atoms with Crippen molar-refractivity contribution in [2.24, 2.45) is 0 Å². The van der Waals surface area contributed by atoms with Crippen molar-refractivity contribution in [2.45, 2.75) is 45.9 Å².